The first-order valence-electron chi connectivity index (χ1n) is 17.2. The Bertz CT molecular complexity index is 2740. The van der Waals surface area contributed by atoms with Gasteiger partial charge in [-0.15, -0.1) is 11.3 Å². The van der Waals surface area contributed by atoms with Crippen LogP contribution in [0.3, 0.4) is 0 Å². The molecule has 7 aromatic carbocycles. The number of nitrogens with zero attached hydrogens (tertiary/aromatic N) is 2. The van der Waals surface area contributed by atoms with E-state index in [0.29, 0.717) is 5.82 Å². The molecule has 2 aliphatic rings. The fraction of sp³-hybridized carbons (Fsp3) is 0.0213. The zero-order valence-corrected chi connectivity index (χ0v) is 28.2. The fourth-order valence-electron chi connectivity index (χ4n) is 8.41. The van der Waals surface area contributed by atoms with Gasteiger partial charge in [0.1, 0.15) is 11.5 Å². The van der Waals surface area contributed by atoms with Crippen LogP contribution in [0.15, 0.2) is 170 Å². The minimum atomic E-state index is -0.501. The van der Waals surface area contributed by atoms with Gasteiger partial charge >= 0.3 is 0 Å². The van der Waals surface area contributed by atoms with Crippen molar-refractivity contribution in [3.8, 4) is 56.5 Å². The third-order valence-electron chi connectivity index (χ3n) is 10.6. The lowest BCUT2D eigenvalue weighted by Crippen LogP contribution is -2.32. The van der Waals surface area contributed by atoms with Gasteiger partial charge in [-0.1, -0.05) is 146 Å². The summed E-state index contributed by atoms with van der Waals surface area (Å²) in [6.07, 6.45) is 0. The van der Waals surface area contributed by atoms with Crippen LogP contribution in [0.4, 0.5) is 0 Å². The molecule has 238 valence electrons. The third kappa shape index (κ3) is 4.05. The van der Waals surface area contributed by atoms with E-state index in [1.54, 1.807) is 11.3 Å². The van der Waals surface area contributed by atoms with Crippen LogP contribution in [-0.4, -0.2) is 9.97 Å². The molecule has 0 N–H and O–H groups in total. The van der Waals surface area contributed by atoms with Crippen molar-refractivity contribution in [2.75, 3.05) is 0 Å². The van der Waals surface area contributed by atoms with E-state index in [9.17, 15) is 0 Å². The summed E-state index contributed by atoms with van der Waals surface area (Å²) in [5, 5.41) is 2.44. The van der Waals surface area contributed by atoms with Crippen molar-refractivity contribution in [2.24, 2.45) is 0 Å². The molecular formula is C47H28N2OS. The average molecular weight is 669 g/mol. The van der Waals surface area contributed by atoms with E-state index in [4.69, 9.17) is 14.7 Å². The summed E-state index contributed by atoms with van der Waals surface area (Å²) in [5.41, 5.74) is 12.0. The molecule has 3 nitrogen and oxygen atoms in total. The molecule has 0 amide bonds. The monoisotopic (exact) mass is 668 g/mol. The summed E-state index contributed by atoms with van der Waals surface area (Å²) < 4.78 is 9.21. The third-order valence-corrected chi connectivity index (χ3v) is 11.8. The van der Waals surface area contributed by atoms with Crippen LogP contribution in [0.5, 0.6) is 11.5 Å². The highest BCUT2D eigenvalue weighted by Gasteiger charge is 2.51. The van der Waals surface area contributed by atoms with Gasteiger partial charge in [-0.25, -0.2) is 9.97 Å². The summed E-state index contributed by atoms with van der Waals surface area (Å²) in [6.45, 7) is 0. The summed E-state index contributed by atoms with van der Waals surface area (Å²) in [7, 11) is 0. The van der Waals surface area contributed by atoms with Crippen LogP contribution in [0.2, 0.25) is 0 Å². The molecule has 51 heavy (non-hydrogen) atoms. The molecule has 0 atom stereocenters. The van der Waals surface area contributed by atoms with E-state index in [0.717, 1.165) is 39.6 Å². The molecule has 0 saturated heterocycles. The number of fused-ring (bicyclic) bond motifs is 12. The molecule has 0 radical (unpaired) electrons. The molecule has 2 aromatic heterocycles. The van der Waals surface area contributed by atoms with Crippen molar-refractivity contribution >= 4 is 31.5 Å². The second-order valence-electron chi connectivity index (χ2n) is 13.3. The van der Waals surface area contributed by atoms with Crippen LogP contribution in [0, 0.1) is 0 Å². The molecule has 11 rings (SSSR count). The fourth-order valence-corrected chi connectivity index (χ4v) is 9.64. The summed E-state index contributed by atoms with van der Waals surface area (Å²) in [4.78, 5) is 10.3. The van der Waals surface area contributed by atoms with Gasteiger partial charge in [0, 0.05) is 48.0 Å². The molecule has 0 unspecified atom stereocenters. The van der Waals surface area contributed by atoms with Crippen molar-refractivity contribution in [1.82, 2.24) is 9.97 Å². The standard InChI is InChI=1S/C47H28N2OS/c1-3-14-29(15-4-1)40-27-41(49-46(48-40)30-16-5-2-6-17-30)34-21-13-20-33-35-26-39-43(28-44(35)51-45(33)34)50-42-25-12-11-24-38(42)47(39)36-22-9-7-18-31(36)32-19-8-10-23-37(32)47/h1-28H. The smallest absolute Gasteiger partial charge is 0.160 e. The first-order valence-corrected chi connectivity index (χ1v) is 18.1. The molecule has 3 heterocycles. The van der Waals surface area contributed by atoms with Crippen molar-refractivity contribution in [2.45, 2.75) is 5.41 Å². The van der Waals surface area contributed by atoms with E-state index >= 15 is 0 Å². The highest BCUT2D eigenvalue weighted by Crippen LogP contribution is 2.62. The lowest BCUT2D eigenvalue weighted by atomic mass is 9.66. The zero-order valence-electron chi connectivity index (χ0n) is 27.4. The van der Waals surface area contributed by atoms with E-state index in [1.807, 2.05) is 24.3 Å². The summed E-state index contributed by atoms with van der Waals surface area (Å²) in [5.74, 6) is 2.52. The van der Waals surface area contributed by atoms with Gasteiger partial charge in [-0.2, -0.15) is 0 Å². The highest BCUT2D eigenvalue weighted by atomic mass is 32.1. The molecule has 0 saturated carbocycles. The second-order valence-corrected chi connectivity index (χ2v) is 14.3. The predicted molar refractivity (Wildman–Crippen MR) is 209 cm³/mol. The predicted octanol–water partition coefficient (Wildman–Crippen LogP) is 12.3. The SMILES string of the molecule is c1ccc(-c2cc(-c3cccc4c3sc3cc5c(cc34)C3(c4ccccc4O5)c4ccccc4-c4ccccc43)nc(-c3ccccc3)n2)cc1. The number of ether oxygens (including phenoxy) is 1. The van der Waals surface area contributed by atoms with Crippen molar-refractivity contribution in [3.05, 3.63) is 192 Å². The molecule has 1 aliphatic heterocycles. The molecule has 1 spiro atoms. The molecular weight excluding hydrogens is 641 g/mol. The minimum absolute atomic E-state index is 0.501. The molecule has 4 heteroatoms. The number of aromatic nitrogens is 2. The van der Waals surface area contributed by atoms with Crippen LogP contribution in [0.25, 0.3) is 65.2 Å². The second kappa shape index (κ2) is 10.8. The highest BCUT2D eigenvalue weighted by molar-refractivity contribution is 7.26. The minimum Gasteiger partial charge on any atom is -0.457 e. The van der Waals surface area contributed by atoms with Crippen LogP contribution in [0.1, 0.15) is 22.3 Å². The normalized spacial score (nSPS) is 13.4. The molecule has 9 aromatic rings. The Hall–Kier alpha value is -6.36. The Balaban J connectivity index is 1.18. The number of hydrogen-bond acceptors (Lipinski definition) is 4. The van der Waals surface area contributed by atoms with Gasteiger partial charge in [-0.3, -0.25) is 0 Å². The largest absolute Gasteiger partial charge is 0.457 e. The Morgan fingerprint density at radius 1 is 0.431 bits per heavy atom. The topological polar surface area (TPSA) is 35.0 Å². The maximum atomic E-state index is 6.83. The van der Waals surface area contributed by atoms with E-state index in [-0.39, 0.29) is 0 Å². The van der Waals surface area contributed by atoms with Crippen molar-refractivity contribution in [3.63, 3.8) is 0 Å². The van der Waals surface area contributed by atoms with Gasteiger partial charge < -0.3 is 4.74 Å². The van der Waals surface area contributed by atoms with Gasteiger partial charge in [0.2, 0.25) is 0 Å². The Morgan fingerprint density at radius 3 is 1.78 bits per heavy atom. The van der Waals surface area contributed by atoms with E-state index in [2.05, 4.69) is 146 Å². The molecule has 0 fully saturated rings. The maximum absolute atomic E-state index is 6.83. The van der Waals surface area contributed by atoms with Gasteiger partial charge in [0.25, 0.3) is 0 Å². The maximum Gasteiger partial charge on any atom is 0.160 e. The Morgan fingerprint density at radius 2 is 1.04 bits per heavy atom. The van der Waals surface area contributed by atoms with E-state index in [1.165, 1.54) is 53.6 Å². The number of benzene rings is 7. The Kier molecular flexibility index (Phi) is 6.04. The quantitative estimate of drug-likeness (QED) is 0.188. The summed E-state index contributed by atoms with van der Waals surface area (Å²) in [6, 6.07) is 60.4. The first kappa shape index (κ1) is 28.5. The van der Waals surface area contributed by atoms with E-state index < -0.39 is 5.41 Å². The molecule has 1 aliphatic carbocycles. The first-order chi connectivity index (χ1) is 25.3. The van der Waals surface area contributed by atoms with Crippen LogP contribution in [-0.2, 0) is 5.41 Å². The van der Waals surface area contributed by atoms with Crippen molar-refractivity contribution in [1.29, 1.82) is 0 Å². The lowest BCUT2D eigenvalue weighted by Gasteiger charge is -2.39. The van der Waals surface area contributed by atoms with Gasteiger partial charge in [0.15, 0.2) is 5.82 Å². The lowest BCUT2D eigenvalue weighted by molar-refractivity contribution is 0.437. The van der Waals surface area contributed by atoms with Gasteiger partial charge in [0.05, 0.1) is 16.8 Å². The average Bonchev–Trinajstić information content (AvgIpc) is 3.71. The Labute approximate surface area is 299 Å². The number of thiophene rings is 1. The number of rotatable bonds is 3. The van der Waals surface area contributed by atoms with Crippen LogP contribution >= 0.6 is 11.3 Å². The zero-order chi connectivity index (χ0) is 33.5. The summed E-state index contributed by atoms with van der Waals surface area (Å²) >= 11 is 1.80. The number of hydrogen-bond donors (Lipinski definition) is 0. The van der Waals surface area contributed by atoms with Gasteiger partial charge in [-0.05, 0) is 46.5 Å². The van der Waals surface area contributed by atoms with Crippen LogP contribution < -0.4 is 4.74 Å². The van der Waals surface area contributed by atoms with Crippen molar-refractivity contribution < 1.29 is 4.74 Å². The number of para-hydroxylation sites is 1. The molecule has 0 bridgehead atoms.